The van der Waals surface area contributed by atoms with Crippen molar-refractivity contribution >= 4 is 38.4 Å². The van der Waals surface area contributed by atoms with Crippen LogP contribution in [0.3, 0.4) is 0 Å². The van der Waals surface area contributed by atoms with Crippen LogP contribution in [-0.2, 0) is 14.6 Å². The summed E-state index contributed by atoms with van der Waals surface area (Å²) in [7, 11) is -1.53. The number of carbonyl (C=O) groups excluding carboxylic acids is 1. The van der Waals surface area contributed by atoms with Crippen LogP contribution < -0.4 is 5.56 Å². The highest BCUT2D eigenvalue weighted by Gasteiger charge is 2.34. The lowest BCUT2D eigenvalue weighted by molar-refractivity contribution is -0.130. The van der Waals surface area contributed by atoms with Gasteiger partial charge in [0, 0.05) is 13.1 Å². The number of fused-ring (bicyclic) bond motifs is 1. The fourth-order valence-corrected chi connectivity index (χ4v) is 6.70. The number of hydrogen-bond acceptors (Lipinski definition) is 6. The zero-order valence-electron chi connectivity index (χ0n) is 18.5. The highest BCUT2D eigenvalue weighted by molar-refractivity contribution is 8.00. The molecule has 174 valence electrons. The molecule has 3 aromatic rings. The largest absolute Gasteiger partial charge is 0.341 e. The van der Waals surface area contributed by atoms with Gasteiger partial charge < -0.3 is 4.90 Å². The average molecular weight is 490 g/mol. The summed E-state index contributed by atoms with van der Waals surface area (Å²) in [5.41, 5.74) is 0.884. The Balaban J connectivity index is 1.72. The van der Waals surface area contributed by atoms with Gasteiger partial charge in [-0.1, -0.05) is 30.0 Å². The van der Waals surface area contributed by atoms with Crippen LogP contribution in [0.5, 0.6) is 0 Å². The summed E-state index contributed by atoms with van der Waals surface area (Å²) in [6.45, 7) is 3.32. The van der Waals surface area contributed by atoms with Crippen molar-refractivity contribution in [2.24, 2.45) is 0 Å². The summed E-state index contributed by atoms with van der Waals surface area (Å²) in [6, 6.07) is 11.0. The molecule has 1 aliphatic rings. The van der Waals surface area contributed by atoms with Crippen molar-refractivity contribution in [3.63, 3.8) is 0 Å². The first kappa shape index (κ1) is 23.4. The van der Waals surface area contributed by atoms with Crippen molar-refractivity contribution in [2.75, 3.05) is 18.6 Å². The molecule has 1 aliphatic heterocycles. The third kappa shape index (κ3) is 4.67. The molecule has 2 heterocycles. The molecule has 33 heavy (non-hydrogen) atoms. The van der Waals surface area contributed by atoms with Crippen LogP contribution in [0, 0.1) is 12.7 Å². The molecule has 4 rings (SSSR count). The Labute approximate surface area is 195 Å². The molecule has 1 aromatic heterocycles. The maximum absolute atomic E-state index is 14.3. The fourth-order valence-electron chi connectivity index (χ4n) is 3.90. The van der Waals surface area contributed by atoms with Gasteiger partial charge in [-0.3, -0.25) is 14.2 Å². The molecule has 0 radical (unpaired) electrons. The van der Waals surface area contributed by atoms with Crippen LogP contribution in [0.4, 0.5) is 4.39 Å². The molecule has 1 fully saturated rings. The van der Waals surface area contributed by atoms with Gasteiger partial charge in [-0.05, 0) is 50.1 Å². The molecular weight excluding hydrogens is 465 g/mol. The number of para-hydroxylation sites is 1. The Hall–Kier alpha value is -2.72. The highest BCUT2D eigenvalue weighted by Crippen LogP contribution is 2.28. The lowest BCUT2D eigenvalue weighted by Crippen LogP contribution is -2.42. The molecule has 0 aliphatic carbocycles. The molecule has 1 amide bonds. The van der Waals surface area contributed by atoms with E-state index in [1.54, 1.807) is 57.3 Å². The molecule has 1 saturated heterocycles. The Morgan fingerprint density at radius 1 is 1.27 bits per heavy atom. The van der Waals surface area contributed by atoms with E-state index in [0.717, 1.165) is 11.8 Å². The second kappa shape index (κ2) is 8.90. The van der Waals surface area contributed by atoms with E-state index in [1.807, 2.05) is 0 Å². The van der Waals surface area contributed by atoms with Crippen molar-refractivity contribution in [3.8, 4) is 5.69 Å². The second-order valence-corrected chi connectivity index (χ2v) is 11.8. The van der Waals surface area contributed by atoms with Crippen LogP contribution in [0.15, 0.2) is 52.4 Å². The van der Waals surface area contributed by atoms with E-state index < -0.39 is 20.9 Å². The lowest BCUT2D eigenvalue weighted by atomic mass is 10.2. The molecule has 7 nitrogen and oxygen atoms in total. The highest BCUT2D eigenvalue weighted by atomic mass is 32.2. The normalized spacial score (nSPS) is 18.4. The van der Waals surface area contributed by atoms with E-state index in [4.69, 9.17) is 0 Å². The van der Waals surface area contributed by atoms with Crippen molar-refractivity contribution in [3.05, 3.63) is 64.2 Å². The van der Waals surface area contributed by atoms with Gasteiger partial charge >= 0.3 is 0 Å². The second-order valence-electron chi connectivity index (χ2n) is 8.25. The molecule has 0 N–H and O–H groups in total. The van der Waals surface area contributed by atoms with Crippen LogP contribution in [-0.4, -0.2) is 58.6 Å². The molecule has 0 saturated carbocycles. The first-order chi connectivity index (χ1) is 15.6. The number of nitrogens with zero attached hydrogens (tertiary/aromatic N) is 3. The molecule has 0 unspecified atom stereocenters. The maximum atomic E-state index is 14.3. The van der Waals surface area contributed by atoms with E-state index in [1.165, 1.54) is 15.5 Å². The van der Waals surface area contributed by atoms with Gasteiger partial charge in [0.05, 0.1) is 33.3 Å². The van der Waals surface area contributed by atoms with Crippen molar-refractivity contribution in [2.45, 2.75) is 36.7 Å². The lowest BCUT2D eigenvalue weighted by Gasteiger charge is -2.26. The fraction of sp³-hybridized carbons (Fsp3) is 0.348. The van der Waals surface area contributed by atoms with Gasteiger partial charge in [-0.15, -0.1) is 0 Å². The summed E-state index contributed by atoms with van der Waals surface area (Å²) < 4.78 is 39.3. The number of sulfone groups is 1. The Morgan fingerprint density at radius 2 is 2.00 bits per heavy atom. The molecule has 0 spiro atoms. The quantitative estimate of drug-likeness (QED) is 0.404. The minimum atomic E-state index is -3.13. The van der Waals surface area contributed by atoms with Crippen LogP contribution in [0.25, 0.3) is 16.6 Å². The van der Waals surface area contributed by atoms with Gasteiger partial charge in [0.15, 0.2) is 15.0 Å². The number of amides is 1. The first-order valence-electron chi connectivity index (χ1n) is 10.5. The molecule has 2 aromatic carbocycles. The summed E-state index contributed by atoms with van der Waals surface area (Å²) >= 11 is 1.09. The summed E-state index contributed by atoms with van der Waals surface area (Å²) in [4.78, 5) is 32.5. The van der Waals surface area contributed by atoms with Crippen molar-refractivity contribution in [1.82, 2.24) is 14.5 Å². The third-order valence-corrected chi connectivity index (χ3v) is 8.68. The van der Waals surface area contributed by atoms with E-state index in [0.29, 0.717) is 28.6 Å². The number of halogens is 1. The van der Waals surface area contributed by atoms with Gasteiger partial charge in [0.25, 0.3) is 5.56 Å². The van der Waals surface area contributed by atoms with E-state index in [2.05, 4.69) is 4.98 Å². The number of carbonyl (C=O) groups is 1. The zero-order valence-corrected chi connectivity index (χ0v) is 20.1. The standard InChI is InChI=1S/C23H24FN3O4S2/c1-14-8-9-16(12-19(14)24)27-22(29)18-6-4-5-7-20(18)25-23(27)32-15(2)21(28)26(3)17-10-11-33(30,31)13-17/h4-9,12,15,17H,10-11,13H2,1-3H3/t15-,17-/m0/s1. The number of aromatic nitrogens is 2. The molecule has 2 atom stereocenters. The molecule has 0 bridgehead atoms. The predicted octanol–water partition coefficient (Wildman–Crippen LogP) is 2.96. The van der Waals surface area contributed by atoms with Gasteiger partial charge in [-0.25, -0.2) is 17.8 Å². The van der Waals surface area contributed by atoms with Crippen LogP contribution in [0.1, 0.15) is 18.9 Å². The van der Waals surface area contributed by atoms with Gasteiger partial charge in [-0.2, -0.15) is 0 Å². The third-order valence-electron chi connectivity index (χ3n) is 5.89. The number of rotatable bonds is 5. The van der Waals surface area contributed by atoms with E-state index in [9.17, 15) is 22.4 Å². The van der Waals surface area contributed by atoms with E-state index >= 15 is 0 Å². The topological polar surface area (TPSA) is 89.3 Å². The van der Waals surface area contributed by atoms with Crippen molar-refractivity contribution < 1.29 is 17.6 Å². The number of benzene rings is 2. The average Bonchev–Trinajstić information content (AvgIpc) is 3.14. The van der Waals surface area contributed by atoms with E-state index in [-0.39, 0.29) is 34.2 Å². The zero-order chi connectivity index (χ0) is 23.9. The summed E-state index contributed by atoms with van der Waals surface area (Å²) in [5.74, 6) is -0.684. The summed E-state index contributed by atoms with van der Waals surface area (Å²) in [5, 5.41) is -0.00162. The van der Waals surface area contributed by atoms with Crippen LogP contribution >= 0.6 is 11.8 Å². The summed E-state index contributed by atoms with van der Waals surface area (Å²) in [6.07, 6.45) is 0.406. The van der Waals surface area contributed by atoms with Crippen LogP contribution in [0.2, 0.25) is 0 Å². The number of aryl methyl sites for hydroxylation is 1. The van der Waals surface area contributed by atoms with Gasteiger partial charge in [0.1, 0.15) is 5.82 Å². The Bertz CT molecular complexity index is 1400. The molecule has 10 heteroatoms. The van der Waals surface area contributed by atoms with Gasteiger partial charge in [0.2, 0.25) is 5.91 Å². The maximum Gasteiger partial charge on any atom is 0.266 e. The SMILES string of the molecule is Cc1ccc(-n2c(S[C@@H](C)C(=O)N(C)[C@H]3CCS(=O)(=O)C3)nc3ccccc3c2=O)cc1F. The Kier molecular flexibility index (Phi) is 6.32. The minimum absolute atomic E-state index is 0.0474. The van der Waals surface area contributed by atoms with Crippen molar-refractivity contribution in [1.29, 1.82) is 0 Å². The Morgan fingerprint density at radius 3 is 2.67 bits per heavy atom. The molecular formula is C23H24FN3O4S2. The first-order valence-corrected chi connectivity index (χ1v) is 13.2. The number of hydrogen-bond donors (Lipinski definition) is 0. The monoisotopic (exact) mass is 489 g/mol. The number of thioether (sulfide) groups is 1. The predicted molar refractivity (Wildman–Crippen MR) is 127 cm³/mol. The minimum Gasteiger partial charge on any atom is -0.341 e. The smallest absolute Gasteiger partial charge is 0.266 e.